The first-order valence-corrected chi connectivity index (χ1v) is 7.23. The molecule has 0 aliphatic heterocycles. The van der Waals surface area contributed by atoms with Crippen LogP contribution in [0, 0.1) is 0 Å². The quantitative estimate of drug-likeness (QED) is 0.659. The summed E-state index contributed by atoms with van der Waals surface area (Å²) in [5.41, 5.74) is 12.1. The van der Waals surface area contributed by atoms with Crippen LogP contribution in [0.1, 0.15) is 0 Å². The fourth-order valence-corrected chi connectivity index (χ4v) is 2.58. The Labute approximate surface area is 140 Å². The van der Waals surface area contributed by atoms with Crippen molar-refractivity contribution in [2.24, 2.45) is 0 Å². The molecule has 0 spiro atoms. The van der Waals surface area contributed by atoms with Crippen LogP contribution in [0.5, 0.6) is 11.5 Å². The van der Waals surface area contributed by atoms with Crippen molar-refractivity contribution in [3.05, 3.63) is 45.4 Å². The van der Waals surface area contributed by atoms with E-state index in [-0.39, 0.29) is 26.8 Å². The topological polar surface area (TPSA) is 87.0 Å². The van der Waals surface area contributed by atoms with Crippen molar-refractivity contribution >= 4 is 57.5 Å². The van der Waals surface area contributed by atoms with Crippen molar-refractivity contribution in [1.29, 1.82) is 0 Å². The van der Waals surface area contributed by atoms with E-state index in [1.807, 2.05) is 0 Å². The molecule has 5 nitrogen and oxygen atoms in total. The molecule has 3 rings (SSSR count). The number of hydrogen-bond acceptors (Lipinski definition) is 5. The van der Waals surface area contributed by atoms with Crippen molar-refractivity contribution in [2.45, 2.75) is 0 Å². The lowest BCUT2D eigenvalue weighted by Crippen LogP contribution is -2.01. The first-order valence-electron chi connectivity index (χ1n) is 6.10. The highest BCUT2D eigenvalue weighted by Crippen LogP contribution is 2.38. The summed E-state index contributed by atoms with van der Waals surface area (Å²) in [6.45, 7) is 0. The molecular weight excluding hydrogens is 347 g/mol. The molecule has 0 amide bonds. The van der Waals surface area contributed by atoms with Gasteiger partial charge in [0.1, 0.15) is 17.3 Å². The van der Waals surface area contributed by atoms with E-state index in [9.17, 15) is 0 Å². The molecule has 0 saturated heterocycles. The van der Waals surface area contributed by atoms with Crippen LogP contribution in [0.3, 0.4) is 0 Å². The third-order valence-corrected chi connectivity index (χ3v) is 4.11. The Bertz CT molecular complexity index is 862. The van der Waals surface area contributed by atoms with Crippen LogP contribution in [0.4, 0.5) is 11.8 Å². The maximum absolute atomic E-state index is 5.99. The van der Waals surface area contributed by atoms with Gasteiger partial charge in [0.05, 0.1) is 26.0 Å². The lowest BCUT2D eigenvalue weighted by atomic mass is 10.2. The van der Waals surface area contributed by atoms with Gasteiger partial charge < -0.3 is 16.2 Å². The number of nitrogens with two attached hydrogens (primary N) is 2. The number of nitrogen functional groups attached to an aromatic ring is 2. The summed E-state index contributed by atoms with van der Waals surface area (Å²) in [5.74, 6) is 1.21. The summed E-state index contributed by atoms with van der Waals surface area (Å²) in [7, 11) is 0. The number of nitrogens with zero attached hydrogens (tertiary/aromatic N) is 2. The third-order valence-electron chi connectivity index (χ3n) is 2.92. The predicted octanol–water partition coefficient (Wildman–Crippen LogP) is 4.55. The van der Waals surface area contributed by atoms with Gasteiger partial charge >= 0.3 is 0 Å². The highest BCUT2D eigenvalue weighted by molar-refractivity contribution is 6.48. The van der Waals surface area contributed by atoms with E-state index in [2.05, 4.69) is 9.97 Å². The molecule has 0 radical (unpaired) electrons. The summed E-state index contributed by atoms with van der Waals surface area (Å²) in [4.78, 5) is 8.07. The van der Waals surface area contributed by atoms with Gasteiger partial charge in [-0.1, -0.05) is 40.9 Å². The molecule has 22 heavy (non-hydrogen) atoms. The second-order valence-electron chi connectivity index (χ2n) is 4.42. The maximum Gasteiger partial charge on any atom is 0.222 e. The molecule has 0 saturated carbocycles. The summed E-state index contributed by atoms with van der Waals surface area (Å²) in [6.07, 6.45) is 0. The van der Waals surface area contributed by atoms with Gasteiger partial charge in [-0.15, -0.1) is 0 Å². The average molecular weight is 356 g/mol. The number of ether oxygens (including phenoxy) is 1. The van der Waals surface area contributed by atoms with Crippen LogP contribution < -0.4 is 16.2 Å². The largest absolute Gasteiger partial charge is 0.456 e. The fraction of sp³-hybridized carbons (Fsp3) is 0. The molecule has 3 aromatic rings. The van der Waals surface area contributed by atoms with Gasteiger partial charge in [-0.2, -0.15) is 4.98 Å². The molecule has 4 N–H and O–H groups in total. The molecule has 0 atom stereocenters. The van der Waals surface area contributed by atoms with Gasteiger partial charge in [-0.05, 0) is 12.1 Å². The Balaban J connectivity index is 2.12. The number of benzene rings is 2. The first kappa shape index (κ1) is 15.0. The van der Waals surface area contributed by atoms with Crippen LogP contribution in [0.25, 0.3) is 10.9 Å². The second kappa shape index (κ2) is 5.68. The summed E-state index contributed by atoms with van der Waals surface area (Å²) in [6, 6.07) is 8.38. The minimum absolute atomic E-state index is 0.0970. The highest BCUT2D eigenvalue weighted by atomic mass is 35.5. The van der Waals surface area contributed by atoms with Crippen LogP contribution in [0.2, 0.25) is 15.1 Å². The first-order chi connectivity index (χ1) is 10.5. The lowest BCUT2D eigenvalue weighted by molar-refractivity contribution is 0.488. The maximum atomic E-state index is 5.99. The molecule has 0 unspecified atom stereocenters. The molecular formula is C14H9Cl3N4O. The van der Waals surface area contributed by atoms with Gasteiger partial charge in [0.15, 0.2) is 0 Å². The van der Waals surface area contributed by atoms with Gasteiger partial charge in [0.2, 0.25) is 5.95 Å². The smallest absolute Gasteiger partial charge is 0.222 e. The van der Waals surface area contributed by atoms with Crippen molar-refractivity contribution in [2.75, 3.05) is 11.5 Å². The fourth-order valence-electron chi connectivity index (χ4n) is 2.00. The molecule has 1 aromatic heterocycles. The number of fused-ring (bicyclic) bond motifs is 1. The Hall–Kier alpha value is -1.95. The zero-order valence-electron chi connectivity index (χ0n) is 11.0. The molecule has 1 heterocycles. The molecule has 2 aromatic carbocycles. The lowest BCUT2D eigenvalue weighted by Gasteiger charge is -2.11. The molecule has 0 aliphatic carbocycles. The summed E-state index contributed by atoms with van der Waals surface area (Å²) < 4.78 is 5.80. The van der Waals surface area contributed by atoms with Crippen LogP contribution in [0.15, 0.2) is 30.3 Å². The van der Waals surface area contributed by atoms with Crippen LogP contribution in [-0.4, -0.2) is 9.97 Å². The summed E-state index contributed by atoms with van der Waals surface area (Å²) >= 11 is 17.9. The van der Waals surface area contributed by atoms with Crippen molar-refractivity contribution < 1.29 is 4.74 Å². The van der Waals surface area contributed by atoms with E-state index in [1.54, 1.807) is 30.3 Å². The Morgan fingerprint density at radius 2 is 1.64 bits per heavy atom. The number of halogens is 3. The molecule has 0 bridgehead atoms. The zero-order chi connectivity index (χ0) is 15.9. The standard InChI is InChI=1S/C14H9Cl3N4O/c15-7-4-6(5-8(16)12(7)17)22-10-3-1-2-9-11(10)13(18)21-14(19)20-9/h1-5H,(H4,18,19,20,21). The second-order valence-corrected chi connectivity index (χ2v) is 5.61. The van der Waals surface area contributed by atoms with Gasteiger partial charge in [-0.3, -0.25) is 0 Å². The highest BCUT2D eigenvalue weighted by Gasteiger charge is 2.12. The molecule has 8 heteroatoms. The number of rotatable bonds is 2. The molecule has 112 valence electrons. The van der Waals surface area contributed by atoms with E-state index < -0.39 is 0 Å². The predicted molar refractivity (Wildman–Crippen MR) is 89.9 cm³/mol. The van der Waals surface area contributed by atoms with Gasteiger partial charge in [0, 0.05) is 12.1 Å². The molecule has 0 fully saturated rings. The zero-order valence-corrected chi connectivity index (χ0v) is 13.2. The van der Waals surface area contributed by atoms with Crippen molar-refractivity contribution in [3.63, 3.8) is 0 Å². The van der Waals surface area contributed by atoms with E-state index in [0.717, 1.165) is 0 Å². The van der Waals surface area contributed by atoms with E-state index >= 15 is 0 Å². The third kappa shape index (κ3) is 2.70. The Morgan fingerprint density at radius 1 is 0.955 bits per heavy atom. The Morgan fingerprint density at radius 3 is 2.32 bits per heavy atom. The monoisotopic (exact) mass is 354 g/mol. The SMILES string of the molecule is Nc1nc(N)c2c(Oc3cc(Cl)c(Cl)c(Cl)c3)cccc2n1. The Kier molecular flexibility index (Phi) is 3.87. The van der Waals surface area contributed by atoms with Crippen LogP contribution >= 0.6 is 34.8 Å². The number of anilines is 2. The van der Waals surface area contributed by atoms with Crippen LogP contribution in [-0.2, 0) is 0 Å². The van der Waals surface area contributed by atoms with Gasteiger partial charge in [0.25, 0.3) is 0 Å². The van der Waals surface area contributed by atoms with E-state index in [1.165, 1.54) is 0 Å². The minimum Gasteiger partial charge on any atom is -0.456 e. The van der Waals surface area contributed by atoms with Gasteiger partial charge in [-0.25, -0.2) is 4.98 Å². The number of aromatic nitrogens is 2. The number of hydrogen-bond donors (Lipinski definition) is 2. The summed E-state index contributed by atoms with van der Waals surface area (Å²) in [5, 5.41) is 1.40. The molecule has 0 aliphatic rings. The normalized spacial score (nSPS) is 10.9. The van der Waals surface area contributed by atoms with E-state index in [4.69, 9.17) is 51.0 Å². The van der Waals surface area contributed by atoms with Crippen molar-refractivity contribution in [1.82, 2.24) is 9.97 Å². The minimum atomic E-state index is 0.0970. The van der Waals surface area contributed by atoms with Crippen molar-refractivity contribution in [3.8, 4) is 11.5 Å². The van der Waals surface area contributed by atoms with E-state index in [0.29, 0.717) is 22.4 Å². The average Bonchev–Trinajstić information content (AvgIpc) is 2.44.